The SMILES string of the molecule is Cc1cc(N2CCN(S(=O)(=O)c3ccc(C(N)=O)o3)CC2)nc2ccccc12. The van der Waals surface area contributed by atoms with Crippen molar-refractivity contribution in [1.82, 2.24) is 9.29 Å². The monoisotopic (exact) mass is 400 g/mol. The highest BCUT2D eigenvalue weighted by Crippen LogP contribution is 2.25. The number of anilines is 1. The molecule has 0 bridgehead atoms. The number of hydrogen-bond donors (Lipinski definition) is 1. The van der Waals surface area contributed by atoms with Crippen molar-refractivity contribution in [3.8, 4) is 0 Å². The van der Waals surface area contributed by atoms with Crippen molar-refractivity contribution >= 4 is 32.7 Å². The first kappa shape index (κ1) is 18.5. The Labute approximate surface area is 162 Å². The Bertz CT molecular complexity index is 1150. The van der Waals surface area contributed by atoms with Crippen LogP contribution in [0.2, 0.25) is 0 Å². The zero-order valence-electron chi connectivity index (χ0n) is 15.3. The summed E-state index contributed by atoms with van der Waals surface area (Å²) in [6.07, 6.45) is 0. The summed E-state index contributed by atoms with van der Waals surface area (Å²) in [4.78, 5) is 17.9. The lowest BCUT2D eigenvalue weighted by Crippen LogP contribution is -2.48. The van der Waals surface area contributed by atoms with E-state index in [1.807, 2.05) is 37.3 Å². The van der Waals surface area contributed by atoms with Crippen LogP contribution in [-0.4, -0.2) is 49.8 Å². The van der Waals surface area contributed by atoms with Gasteiger partial charge in [-0.05, 0) is 36.8 Å². The van der Waals surface area contributed by atoms with Crippen LogP contribution in [0, 0.1) is 6.92 Å². The number of para-hydroxylation sites is 1. The van der Waals surface area contributed by atoms with Gasteiger partial charge >= 0.3 is 0 Å². The molecule has 1 aliphatic heterocycles. The number of hydrogen-bond acceptors (Lipinski definition) is 6. The number of benzene rings is 1. The van der Waals surface area contributed by atoms with Crippen LogP contribution in [0.5, 0.6) is 0 Å². The van der Waals surface area contributed by atoms with Crippen molar-refractivity contribution in [2.24, 2.45) is 5.73 Å². The topological polar surface area (TPSA) is 110 Å². The molecule has 1 amide bonds. The largest absolute Gasteiger partial charge is 0.438 e. The van der Waals surface area contributed by atoms with Gasteiger partial charge in [-0.25, -0.2) is 13.4 Å². The number of pyridine rings is 1. The van der Waals surface area contributed by atoms with Gasteiger partial charge in [-0.15, -0.1) is 0 Å². The summed E-state index contributed by atoms with van der Waals surface area (Å²) >= 11 is 0. The van der Waals surface area contributed by atoms with Gasteiger partial charge in [0.05, 0.1) is 5.52 Å². The minimum Gasteiger partial charge on any atom is -0.438 e. The van der Waals surface area contributed by atoms with Crippen LogP contribution in [0.15, 0.2) is 52.0 Å². The molecular weight excluding hydrogens is 380 g/mol. The van der Waals surface area contributed by atoms with Gasteiger partial charge in [0.25, 0.3) is 15.9 Å². The molecule has 8 nitrogen and oxygen atoms in total. The molecule has 1 fully saturated rings. The zero-order chi connectivity index (χ0) is 19.9. The maximum Gasteiger partial charge on any atom is 0.284 e. The van der Waals surface area contributed by atoms with Gasteiger partial charge in [-0.3, -0.25) is 4.79 Å². The Morgan fingerprint density at radius 1 is 1.11 bits per heavy atom. The number of nitrogens with two attached hydrogens (primary N) is 1. The molecule has 3 aromatic rings. The normalized spacial score (nSPS) is 15.8. The van der Waals surface area contributed by atoms with Crippen molar-refractivity contribution in [3.63, 3.8) is 0 Å². The third-order valence-corrected chi connectivity index (χ3v) is 6.66. The standard InChI is InChI=1S/C19H20N4O4S/c1-13-12-17(21-15-5-3-2-4-14(13)15)22-8-10-23(11-9-22)28(25,26)18-7-6-16(27-18)19(20)24/h2-7,12H,8-11H2,1H3,(H2,20,24). The molecule has 2 N–H and O–H groups in total. The number of nitrogens with zero attached hydrogens (tertiary/aromatic N) is 3. The Hall–Kier alpha value is -2.91. The highest BCUT2D eigenvalue weighted by Gasteiger charge is 2.31. The molecule has 3 heterocycles. The summed E-state index contributed by atoms with van der Waals surface area (Å²) in [7, 11) is -3.81. The molecule has 0 aliphatic carbocycles. The van der Waals surface area contributed by atoms with E-state index in [0.29, 0.717) is 26.2 Å². The first-order chi connectivity index (χ1) is 13.4. The van der Waals surface area contributed by atoms with E-state index in [1.165, 1.54) is 16.4 Å². The van der Waals surface area contributed by atoms with Gasteiger partial charge in [-0.1, -0.05) is 18.2 Å². The first-order valence-electron chi connectivity index (χ1n) is 8.87. The minimum absolute atomic E-state index is 0.173. The fourth-order valence-electron chi connectivity index (χ4n) is 3.37. The van der Waals surface area contributed by atoms with E-state index in [4.69, 9.17) is 15.1 Å². The lowest BCUT2D eigenvalue weighted by atomic mass is 10.1. The van der Waals surface area contributed by atoms with Crippen LogP contribution in [0.1, 0.15) is 16.1 Å². The molecule has 1 saturated heterocycles. The van der Waals surface area contributed by atoms with E-state index in [-0.39, 0.29) is 10.9 Å². The number of rotatable bonds is 4. The van der Waals surface area contributed by atoms with Crippen molar-refractivity contribution < 1.29 is 17.6 Å². The Morgan fingerprint density at radius 2 is 1.82 bits per heavy atom. The maximum atomic E-state index is 12.7. The summed E-state index contributed by atoms with van der Waals surface area (Å²) in [5.41, 5.74) is 7.18. The lowest BCUT2D eigenvalue weighted by molar-refractivity contribution is 0.0968. The van der Waals surface area contributed by atoms with Crippen LogP contribution in [0.4, 0.5) is 5.82 Å². The average Bonchev–Trinajstić information content (AvgIpc) is 3.20. The number of aromatic nitrogens is 1. The quantitative estimate of drug-likeness (QED) is 0.714. The summed E-state index contributed by atoms with van der Waals surface area (Å²) in [5.74, 6) is -0.140. The number of amides is 1. The number of carbonyl (C=O) groups is 1. The van der Waals surface area contributed by atoms with Crippen LogP contribution in [0.25, 0.3) is 10.9 Å². The summed E-state index contributed by atoms with van der Waals surface area (Å²) < 4.78 is 31.9. The molecule has 9 heteroatoms. The number of carbonyl (C=O) groups excluding carboxylic acids is 1. The number of furan rings is 1. The predicted octanol–water partition coefficient (Wildman–Crippen LogP) is 1.75. The highest BCUT2D eigenvalue weighted by atomic mass is 32.2. The zero-order valence-corrected chi connectivity index (χ0v) is 16.1. The summed E-state index contributed by atoms with van der Waals surface area (Å²) in [6.45, 7) is 3.65. The van der Waals surface area contributed by atoms with Crippen LogP contribution in [0.3, 0.4) is 0 Å². The van der Waals surface area contributed by atoms with Gasteiger partial charge in [0, 0.05) is 31.6 Å². The first-order valence-corrected chi connectivity index (χ1v) is 10.3. The van der Waals surface area contributed by atoms with Crippen molar-refractivity contribution in [1.29, 1.82) is 0 Å². The van der Waals surface area contributed by atoms with Crippen molar-refractivity contribution in [2.75, 3.05) is 31.1 Å². The van der Waals surface area contributed by atoms with Gasteiger partial charge in [-0.2, -0.15) is 4.31 Å². The van der Waals surface area contributed by atoms with E-state index >= 15 is 0 Å². The highest BCUT2D eigenvalue weighted by molar-refractivity contribution is 7.89. The molecule has 28 heavy (non-hydrogen) atoms. The van der Waals surface area contributed by atoms with Crippen LogP contribution >= 0.6 is 0 Å². The second-order valence-electron chi connectivity index (χ2n) is 6.69. The molecule has 0 atom stereocenters. The Balaban J connectivity index is 1.52. The third-order valence-electron chi connectivity index (χ3n) is 4.89. The molecule has 0 unspecified atom stereocenters. The second kappa shape index (κ2) is 6.92. The van der Waals surface area contributed by atoms with Gasteiger partial charge < -0.3 is 15.1 Å². The molecule has 0 saturated carbocycles. The van der Waals surface area contributed by atoms with Gasteiger partial charge in [0.15, 0.2) is 5.76 Å². The molecule has 1 aromatic carbocycles. The van der Waals surface area contributed by atoms with E-state index in [9.17, 15) is 13.2 Å². The number of piperazine rings is 1. The fraction of sp³-hybridized carbons (Fsp3) is 0.263. The Morgan fingerprint density at radius 3 is 2.50 bits per heavy atom. The maximum absolute atomic E-state index is 12.7. The fourth-order valence-corrected chi connectivity index (χ4v) is 4.70. The number of aryl methyl sites for hydroxylation is 1. The molecule has 2 aromatic heterocycles. The number of fused-ring (bicyclic) bond motifs is 1. The van der Waals surface area contributed by atoms with E-state index in [1.54, 1.807) is 0 Å². The molecule has 0 spiro atoms. The second-order valence-corrected chi connectivity index (χ2v) is 8.56. The molecular formula is C19H20N4O4S. The van der Waals surface area contributed by atoms with Crippen LogP contribution < -0.4 is 10.6 Å². The van der Waals surface area contributed by atoms with Gasteiger partial charge in [0.1, 0.15) is 5.82 Å². The van der Waals surface area contributed by atoms with E-state index < -0.39 is 15.9 Å². The third kappa shape index (κ3) is 3.23. The molecule has 4 rings (SSSR count). The summed E-state index contributed by atoms with van der Waals surface area (Å²) in [5, 5.41) is 0.838. The van der Waals surface area contributed by atoms with Gasteiger partial charge in [0.2, 0.25) is 5.09 Å². The molecule has 146 valence electrons. The average molecular weight is 400 g/mol. The predicted molar refractivity (Wildman–Crippen MR) is 105 cm³/mol. The van der Waals surface area contributed by atoms with Crippen molar-refractivity contribution in [2.45, 2.75) is 12.0 Å². The lowest BCUT2D eigenvalue weighted by Gasteiger charge is -2.34. The summed E-state index contributed by atoms with van der Waals surface area (Å²) in [6, 6.07) is 12.5. The number of primary amides is 1. The smallest absolute Gasteiger partial charge is 0.284 e. The molecule has 1 aliphatic rings. The van der Waals surface area contributed by atoms with E-state index in [2.05, 4.69) is 4.90 Å². The van der Waals surface area contributed by atoms with Crippen LogP contribution in [-0.2, 0) is 10.0 Å². The Kier molecular flexibility index (Phi) is 4.56. The minimum atomic E-state index is -3.81. The van der Waals surface area contributed by atoms with E-state index in [0.717, 1.165) is 22.3 Å². The molecule has 0 radical (unpaired) electrons. The number of sulfonamides is 1. The van der Waals surface area contributed by atoms with Crippen molar-refractivity contribution in [3.05, 3.63) is 53.8 Å².